The number of hydrogen-bond donors (Lipinski definition) is 2. The molecule has 3 heterocycles. The van der Waals surface area contributed by atoms with E-state index < -0.39 is 5.92 Å². The number of aromatic nitrogens is 1. The molecule has 186 valence electrons. The Hall–Kier alpha value is -3.90. The van der Waals surface area contributed by atoms with Crippen LogP contribution >= 0.6 is 11.3 Å². The third-order valence-electron chi connectivity index (χ3n) is 6.29. The zero-order chi connectivity index (χ0) is 25.5. The summed E-state index contributed by atoms with van der Waals surface area (Å²) in [6.45, 7) is 3.29. The predicted octanol–water partition coefficient (Wildman–Crippen LogP) is 4.66. The highest BCUT2D eigenvalue weighted by molar-refractivity contribution is 7.16. The van der Waals surface area contributed by atoms with Crippen molar-refractivity contribution in [3.63, 3.8) is 0 Å². The Bertz CT molecular complexity index is 1250. The number of amides is 3. The van der Waals surface area contributed by atoms with Gasteiger partial charge >= 0.3 is 6.03 Å². The van der Waals surface area contributed by atoms with E-state index in [1.807, 2.05) is 43.3 Å². The van der Waals surface area contributed by atoms with E-state index in [1.165, 1.54) is 11.3 Å². The Morgan fingerprint density at radius 3 is 2.86 bits per heavy atom. The van der Waals surface area contributed by atoms with Crippen LogP contribution < -0.4 is 15.4 Å². The van der Waals surface area contributed by atoms with Crippen molar-refractivity contribution in [3.8, 4) is 11.8 Å². The largest absolute Gasteiger partial charge is 0.496 e. The van der Waals surface area contributed by atoms with E-state index in [9.17, 15) is 14.9 Å². The molecule has 0 saturated carbocycles. The number of carbonyl (C=O) groups is 2. The van der Waals surface area contributed by atoms with Crippen LogP contribution in [0, 0.1) is 11.3 Å². The lowest BCUT2D eigenvalue weighted by atomic mass is 9.96. The zero-order valence-corrected chi connectivity index (χ0v) is 21.2. The molecule has 1 aromatic carbocycles. The molecule has 9 heteroatoms. The normalized spacial score (nSPS) is 14.2. The molecule has 8 nitrogen and oxygen atoms in total. The van der Waals surface area contributed by atoms with Gasteiger partial charge in [0.15, 0.2) is 0 Å². The molecule has 2 unspecified atom stereocenters. The second-order valence-electron chi connectivity index (χ2n) is 8.78. The van der Waals surface area contributed by atoms with Gasteiger partial charge in [0.2, 0.25) is 5.91 Å². The summed E-state index contributed by atoms with van der Waals surface area (Å²) in [6.07, 6.45) is 4.36. The molecule has 0 radical (unpaired) electrons. The topological polar surface area (TPSA) is 107 Å². The Kier molecular flexibility index (Phi) is 8.18. The second-order valence-corrected chi connectivity index (χ2v) is 9.92. The van der Waals surface area contributed by atoms with Gasteiger partial charge in [0, 0.05) is 36.8 Å². The minimum atomic E-state index is -0.454. The SMILES string of the molecule is COc1ccccc1C(C)CC(=O)Nc1cc2c(s1)CN(C(=O)NCC(C#N)c1cccnc1)CC2. The first-order valence-electron chi connectivity index (χ1n) is 11.8. The van der Waals surface area contributed by atoms with Crippen LogP contribution in [0.1, 0.15) is 46.7 Å². The maximum atomic E-state index is 12.8. The lowest BCUT2D eigenvalue weighted by Gasteiger charge is -2.27. The van der Waals surface area contributed by atoms with E-state index in [0.717, 1.165) is 38.7 Å². The maximum Gasteiger partial charge on any atom is 0.317 e. The summed E-state index contributed by atoms with van der Waals surface area (Å²) in [5, 5.41) is 16.2. The molecule has 0 aliphatic carbocycles. The highest BCUT2D eigenvalue weighted by Gasteiger charge is 2.24. The Labute approximate surface area is 214 Å². The van der Waals surface area contributed by atoms with E-state index >= 15 is 0 Å². The quantitative estimate of drug-likeness (QED) is 0.465. The molecule has 0 fully saturated rings. The number of thiophene rings is 1. The van der Waals surface area contributed by atoms with Crippen LogP contribution in [-0.2, 0) is 17.8 Å². The van der Waals surface area contributed by atoms with Crippen molar-refractivity contribution in [2.45, 2.75) is 38.1 Å². The molecule has 2 N–H and O–H groups in total. The number of methoxy groups -OCH3 is 1. The first kappa shape index (κ1) is 25.2. The van der Waals surface area contributed by atoms with E-state index in [0.29, 0.717) is 19.5 Å². The molecule has 0 saturated heterocycles. The van der Waals surface area contributed by atoms with Crippen molar-refractivity contribution in [2.24, 2.45) is 0 Å². The number of ether oxygens (including phenoxy) is 1. The molecule has 36 heavy (non-hydrogen) atoms. The highest BCUT2D eigenvalue weighted by atomic mass is 32.1. The fourth-order valence-electron chi connectivity index (χ4n) is 4.33. The van der Waals surface area contributed by atoms with Gasteiger partial charge < -0.3 is 20.3 Å². The van der Waals surface area contributed by atoms with Crippen LogP contribution in [0.2, 0.25) is 0 Å². The van der Waals surface area contributed by atoms with Crippen LogP contribution in [0.15, 0.2) is 54.9 Å². The van der Waals surface area contributed by atoms with Gasteiger partial charge in [-0.3, -0.25) is 9.78 Å². The number of nitriles is 1. The minimum absolute atomic E-state index is 0.0128. The lowest BCUT2D eigenvalue weighted by molar-refractivity contribution is -0.116. The van der Waals surface area contributed by atoms with E-state index in [4.69, 9.17) is 4.74 Å². The number of carbonyl (C=O) groups excluding carboxylic acids is 2. The minimum Gasteiger partial charge on any atom is -0.496 e. The summed E-state index contributed by atoms with van der Waals surface area (Å²) >= 11 is 1.50. The summed E-state index contributed by atoms with van der Waals surface area (Å²) in [6, 6.07) is 15.4. The van der Waals surface area contributed by atoms with Gasteiger partial charge in [0.1, 0.15) is 5.75 Å². The van der Waals surface area contributed by atoms with Gasteiger partial charge in [-0.25, -0.2) is 4.79 Å². The van der Waals surface area contributed by atoms with E-state index in [1.54, 1.807) is 30.5 Å². The number of hydrogen-bond acceptors (Lipinski definition) is 6. The number of para-hydroxylation sites is 1. The van der Waals surface area contributed by atoms with Gasteiger partial charge in [-0.15, -0.1) is 11.3 Å². The molecule has 1 aliphatic rings. The number of anilines is 1. The second kappa shape index (κ2) is 11.7. The Morgan fingerprint density at radius 2 is 2.11 bits per heavy atom. The van der Waals surface area contributed by atoms with Crippen LogP contribution in [0.4, 0.5) is 9.80 Å². The van der Waals surface area contributed by atoms with Crippen molar-refractivity contribution >= 4 is 28.3 Å². The van der Waals surface area contributed by atoms with Crippen molar-refractivity contribution in [3.05, 3.63) is 76.4 Å². The number of benzene rings is 1. The first-order valence-corrected chi connectivity index (χ1v) is 12.7. The summed E-state index contributed by atoms with van der Waals surface area (Å²) in [5.74, 6) is 0.285. The molecule has 2 aromatic heterocycles. The monoisotopic (exact) mass is 503 g/mol. The molecule has 2 atom stereocenters. The van der Waals surface area contributed by atoms with Gasteiger partial charge in [-0.1, -0.05) is 31.2 Å². The number of pyridine rings is 1. The summed E-state index contributed by atoms with van der Waals surface area (Å²) in [5.41, 5.74) is 2.94. The van der Waals surface area contributed by atoms with Crippen molar-refractivity contribution in [1.29, 1.82) is 5.26 Å². The molecule has 1 aliphatic heterocycles. The molecular formula is C27H29N5O3S. The van der Waals surface area contributed by atoms with Crippen LogP contribution in [0.5, 0.6) is 5.75 Å². The maximum absolute atomic E-state index is 12.8. The number of rotatable bonds is 8. The number of nitrogens with one attached hydrogen (secondary N) is 2. The van der Waals surface area contributed by atoms with Crippen molar-refractivity contribution < 1.29 is 14.3 Å². The molecule has 0 spiro atoms. The van der Waals surface area contributed by atoms with Gasteiger partial charge in [-0.2, -0.15) is 5.26 Å². The number of fused-ring (bicyclic) bond motifs is 1. The fourth-order valence-corrected chi connectivity index (χ4v) is 5.47. The average Bonchev–Trinajstić information content (AvgIpc) is 3.30. The highest BCUT2D eigenvalue weighted by Crippen LogP contribution is 2.33. The molecule has 3 amide bonds. The third-order valence-corrected chi connectivity index (χ3v) is 7.37. The first-order chi connectivity index (χ1) is 17.5. The fraction of sp³-hybridized carbons (Fsp3) is 0.333. The number of urea groups is 1. The summed E-state index contributed by atoms with van der Waals surface area (Å²) in [4.78, 5) is 32.3. The Balaban J connectivity index is 1.31. The van der Waals surface area contributed by atoms with E-state index in [2.05, 4.69) is 21.7 Å². The van der Waals surface area contributed by atoms with Gasteiger partial charge in [0.05, 0.1) is 30.6 Å². The van der Waals surface area contributed by atoms with Crippen LogP contribution in [-0.4, -0.2) is 42.0 Å². The van der Waals surface area contributed by atoms with Crippen LogP contribution in [0.3, 0.4) is 0 Å². The average molecular weight is 504 g/mol. The van der Waals surface area contributed by atoms with Gasteiger partial charge in [0.25, 0.3) is 0 Å². The van der Waals surface area contributed by atoms with E-state index in [-0.39, 0.29) is 24.4 Å². The number of nitrogens with zero attached hydrogens (tertiary/aromatic N) is 3. The standard InChI is InChI=1S/C27H29N5O3S/c1-18(22-7-3-4-8-23(22)35-2)12-25(33)31-26-13-19-9-11-32(17-24(19)36-26)27(34)30-16-21(14-28)20-6-5-10-29-15-20/h3-8,10,13,15,18,21H,9,11-12,16-17H2,1-2H3,(H,30,34)(H,31,33). The summed E-state index contributed by atoms with van der Waals surface area (Å²) in [7, 11) is 1.63. The predicted molar refractivity (Wildman–Crippen MR) is 139 cm³/mol. The van der Waals surface area contributed by atoms with Crippen molar-refractivity contribution in [2.75, 3.05) is 25.5 Å². The zero-order valence-electron chi connectivity index (χ0n) is 20.4. The smallest absolute Gasteiger partial charge is 0.317 e. The molecule has 0 bridgehead atoms. The third kappa shape index (κ3) is 6.01. The van der Waals surface area contributed by atoms with Crippen LogP contribution in [0.25, 0.3) is 0 Å². The van der Waals surface area contributed by atoms with Gasteiger partial charge in [-0.05, 0) is 47.2 Å². The molecule has 4 rings (SSSR count). The van der Waals surface area contributed by atoms with Crippen molar-refractivity contribution in [1.82, 2.24) is 15.2 Å². The summed E-state index contributed by atoms with van der Waals surface area (Å²) < 4.78 is 5.42. The molecule has 3 aromatic rings. The lowest BCUT2D eigenvalue weighted by Crippen LogP contribution is -2.43. The Morgan fingerprint density at radius 1 is 1.28 bits per heavy atom. The molecular weight excluding hydrogens is 474 g/mol.